The summed E-state index contributed by atoms with van der Waals surface area (Å²) >= 11 is 0. The van der Waals surface area contributed by atoms with Crippen LogP contribution in [0.1, 0.15) is 27.2 Å². The van der Waals surface area contributed by atoms with Gasteiger partial charge in [0.15, 0.2) is 5.78 Å². The Morgan fingerprint density at radius 3 is 2.64 bits per heavy atom. The molecule has 0 fully saturated rings. The first-order chi connectivity index (χ1) is 13.6. The second-order valence-electron chi connectivity index (χ2n) is 6.46. The van der Waals surface area contributed by atoms with Crippen LogP contribution in [0.2, 0.25) is 0 Å². The smallest absolute Gasteiger partial charge is 0.247 e. The number of benzene rings is 1. The van der Waals surface area contributed by atoms with Crippen molar-refractivity contribution in [2.45, 2.75) is 20.3 Å². The van der Waals surface area contributed by atoms with E-state index in [0.717, 1.165) is 27.9 Å². The highest BCUT2D eigenvalue weighted by molar-refractivity contribution is 5.98. The molecule has 1 aromatic carbocycles. The van der Waals surface area contributed by atoms with Crippen LogP contribution in [0.25, 0.3) is 22.7 Å². The summed E-state index contributed by atoms with van der Waals surface area (Å²) in [5, 5.41) is 7.65. The van der Waals surface area contributed by atoms with E-state index in [2.05, 4.69) is 25.1 Å². The normalized spacial score (nSPS) is 10.8. The SMILES string of the molecule is Cc1cnccc1C(=O)Cc1cnc(-c2cc(-c3nnco3)ccc2C)cn1. The van der Waals surface area contributed by atoms with Gasteiger partial charge >= 0.3 is 0 Å². The summed E-state index contributed by atoms with van der Waals surface area (Å²) in [4.78, 5) is 25.5. The summed E-state index contributed by atoms with van der Waals surface area (Å²) in [6.45, 7) is 3.87. The van der Waals surface area contributed by atoms with Gasteiger partial charge < -0.3 is 4.42 Å². The summed E-state index contributed by atoms with van der Waals surface area (Å²) in [5.41, 5.74) is 5.63. The van der Waals surface area contributed by atoms with Crippen LogP contribution >= 0.6 is 0 Å². The Bertz CT molecular complexity index is 1120. The van der Waals surface area contributed by atoms with E-state index in [-0.39, 0.29) is 12.2 Å². The molecule has 0 spiro atoms. The molecule has 0 amide bonds. The van der Waals surface area contributed by atoms with Crippen molar-refractivity contribution >= 4 is 5.78 Å². The standard InChI is InChI=1S/C21H17N5O2/c1-13-3-4-15(21-26-25-12-28-21)7-18(13)19-11-23-16(10-24-19)8-20(27)17-5-6-22-9-14(17)2/h3-7,9-12H,8H2,1-2H3. The molecule has 7 nitrogen and oxygen atoms in total. The van der Waals surface area contributed by atoms with Crippen molar-refractivity contribution in [1.29, 1.82) is 0 Å². The zero-order valence-electron chi connectivity index (χ0n) is 15.5. The molecule has 4 aromatic rings. The molecule has 0 aliphatic heterocycles. The number of rotatable bonds is 5. The van der Waals surface area contributed by atoms with Gasteiger partial charge in [0.25, 0.3) is 0 Å². The van der Waals surface area contributed by atoms with E-state index in [1.807, 2.05) is 32.0 Å². The largest absolute Gasteiger partial charge is 0.423 e. The molecule has 0 atom stereocenters. The first-order valence-corrected chi connectivity index (χ1v) is 8.74. The van der Waals surface area contributed by atoms with Gasteiger partial charge in [-0.05, 0) is 43.2 Å². The fraction of sp³-hybridized carbons (Fsp3) is 0.143. The second-order valence-corrected chi connectivity index (χ2v) is 6.46. The van der Waals surface area contributed by atoms with Crippen LogP contribution in [0, 0.1) is 13.8 Å². The molecular formula is C21H17N5O2. The minimum Gasteiger partial charge on any atom is -0.423 e. The minimum atomic E-state index is -0.00322. The molecule has 28 heavy (non-hydrogen) atoms. The zero-order valence-corrected chi connectivity index (χ0v) is 15.5. The third-order valence-corrected chi connectivity index (χ3v) is 4.49. The molecule has 138 valence electrons. The van der Waals surface area contributed by atoms with Gasteiger partial charge in [0.05, 0.1) is 24.0 Å². The monoisotopic (exact) mass is 371 g/mol. The number of Topliss-reactive ketones (excluding diaryl/α,β-unsaturated/α-hetero) is 1. The molecule has 0 saturated heterocycles. The van der Waals surface area contributed by atoms with E-state index < -0.39 is 0 Å². The predicted octanol–water partition coefficient (Wildman–Crippen LogP) is 3.63. The lowest BCUT2D eigenvalue weighted by Crippen LogP contribution is -2.07. The van der Waals surface area contributed by atoms with Crippen LogP contribution in [0.15, 0.2) is 59.9 Å². The molecule has 0 saturated carbocycles. The highest BCUT2D eigenvalue weighted by atomic mass is 16.4. The molecule has 0 unspecified atom stereocenters. The number of aryl methyl sites for hydroxylation is 2. The van der Waals surface area contributed by atoms with Crippen LogP contribution in [-0.4, -0.2) is 30.9 Å². The molecular weight excluding hydrogens is 354 g/mol. The molecule has 0 aliphatic carbocycles. The van der Waals surface area contributed by atoms with Crippen molar-refractivity contribution in [2.75, 3.05) is 0 Å². The third-order valence-electron chi connectivity index (χ3n) is 4.49. The van der Waals surface area contributed by atoms with Gasteiger partial charge in [-0.3, -0.25) is 19.7 Å². The Morgan fingerprint density at radius 1 is 1.04 bits per heavy atom. The number of nitrogens with zero attached hydrogens (tertiary/aromatic N) is 5. The van der Waals surface area contributed by atoms with Crippen LogP contribution < -0.4 is 0 Å². The van der Waals surface area contributed by atoms with Gasteiger partial charge in [-0.1, -0.05) is 6.07 Å². The van der Waals surface area contributed by atoms with Crippen molar-refractivity contribution in [3.63, 3.8) is 0 Å². The summed E-state index contributed by atoms with van der Waals surface area (Å²) in [6.07, 6.45) is 8.12. The lowest BCUT2D eigenvalue weighted by atomic mass is 10.0. The molecule has 3 aromatic heterocycles. The van der Waals surface area contributed by atoms with Gasteiger partial charge in [-0.15, -0.1) is 10.2 Å². The number of aromatic nitrogens is 5. The highest BCUT2D eigenvalue weighted by Crippen LogP contribution is 2.27. The Labute approximate surface area is 161 Å². The number of carbonyl (C=O) groups excluding carboxylic acids is 1. The second kappa shape index (κ2) is 7.48. The summed E-state index contributed by atoms with van der Waals surface area (Å²) in [7, 11) is 0. The minimum absolute atomic E-state index is 0.00322. The van der Waals surface area contributed by atoms with Crippen LogP contribution in [0.3, 0.4) is 0 Å². The third kappa shape index (κ3) is 3.55. The van der Waals surface area contributed by atoms with E-state index in [0.29, 0.717) is 17.1 Å². The molecule has 0 radical (unpaired) electrons. The highest BCUT2D eigenvalue weighted by Gasteiger charge is 2.13. The molecule has 4 rings (SSSR count). The van der Waals surface area contributed by atoms with E-state index in [4.69, 9.17) is 4.42 Å². The maximum Gasteiger partial charge on any atom is 0.247 e. The number of carbonyl (C=O) groups is 1. The van der Waals surface area contributed by atoms with Gasteiger partial charge in [-0.25, -0.2) is 0 Å². The molecule has 0 N–H and O–H groups in total. The van der Waals surface area contributed by atoms with Gasteiger partial charge in [0.1, 0.15) is 0 Å². The van der Waals surface area contributed by atoms with Crippen molar-refractivity contribution in [3.05, 3.63) is 77.8 Å². The first-order valence-electron chi connectivity index (χ1n) is 8.74. The Morgan fingerprint density at radius 2 is 1.93 bits per heavy atom. The molecule has 0 bridgehead atoms. The van der Waals surface area contributed by atoms with Crippen molar-refractivity contribution in [3.8, 4) is 22.7 Å². The molecule has 7 heteroatoms. The summed E-state index contributed by atoms with van der Waals surface area (Å²) in [6, 6.07) is 7.56. The zero-order chi connectivity index (χ0) is 19.5. The van der Waals surface area contributed by atoms with Crippen molar-refractivity contribution in [1.82, 2.24) is 25.1 Å². The van der Waals surface area contributed by atoms with Gasteiger partial charge in [-0.2, -0.15) is 0 Å². The average molecular weight is 371 g/mol. The van der Waals surface area contributed by atoms with Gasteiger partial charge in [0, 0.05) is 35.3 Å². The Balaban J connectivity index is 1.58. The lowest BCUT2D eigenvalue weighted by Gasteiger charge is -2.08. The Hall–Kier alpha value is -3.74. The number of hydrogen-bond donors (Lipinski definition) is 0. The first kappa shape index (κ1) is 17.7. The van der Waals surface area contributed by atoms with Crippen LogP contribution in [-0.2, 0) is 6.42 Å². The summed E-state index contributed by atoms with van der Waals surface area (Å²) in [5.74, 6) is 0.445. The molecule has 0 aliphatic rings. The molecule has 3 heterocycles. The van der Waals surface area contributed by atoms with Crippen LogP contribution in [0.4, 0.5) is 0 Å². The van der Waals surface area contributed by atoms with Crippen molar-refractivity contribution in [2.24, 2.45) is 0 Å². The van der Waals surface area contributed by atoms with E-state index in [1.54, 1.807) is 30.9 Å². The number of ketones is 1. The van der Waals surface area contributed by atoms with Crippen LogP contribution in [0.5, 0.6) is 0 Å². The quantitative estimate of drug-likeness (QED) is 0.494. The number of pyridine rings is 1. The van der Waals surface area contributed by atoms with Gasteiger partial charge in [0.2, 0.25) is 12.3 Å². The topological polar surface area (TPSA) is 94.7 Å². The Kier molecular flexibility index (Phi) is 4.72. The fourth-order valence-corrected chi connectivity index (χ4v) is 2.96. The fourth-order valence-electron chi connectivity index (χ4n) is 2.96. The maximum absolute atomic E-state index is 12.5. The average Bonchev–Trinajstić information content (AvgIpc) is 3.24. The maximum atomic E-state index is 12.5. The van der Waals surface area contributed by atoms with E-state index in [9.17, 15) is 4.79 Å². The summed E-state index contributed by atoms with van der Waals surface area (Å²) < 4.78 is 5.26. The number of hydrogen-bond acceptors (Lipinski definition) is 7. The van der Waals surface area contributed by atoms with E-state index >= 15 is 0 Å². The van der Waals surface area contributed by atoms with E-state index in [1.165, 1.54) is 6.39 Å². The lowest BCUT2D eigenvalue weighted by molar-refractivity contribution is 0.0991. The predicted molar refractivity (Wildman–Crippen MR) is 103 cm³/mol. The van der Waals surface area contributed by atoms with Crippen molar-refractivity contribution < 1.29 is 9.21 Å².